The van der Waals surface area contributed by atoms with E-state index in [1.165, 1.54) is 6.07 Å². The predicted molar refractivity (Wildman–Crippen MR) is 82.5 cm³/mol. The van der Waals surface area contributed by atoms with Gasteiger partial charge in [0, 0.05) is 27.8 Å². The van der Waals surface area contributed by atoms with Crippen LogP contribution in [0.5, 0.6) is 5.75 Å². The van der Waals surface area contributed by atoms with E-state index >= 15 is 0 Å². The number of nitro groups is 1. The largest absolute Gasteiger partial charge is 0.483 e. The maximum Gasteiger partial charge on any atom is 0.312 e. The van der Waals surface area contributed by atoms with Crippen molar-refractivity contribution in [2.75, 3.05) is 0 Å². The summed E-state index contributed by atoms with van der Waals surface area (Å²) in [6.07, 6.45) is 2.50. The van der Waals surface area contributed by atoms with E-state index < -0.39 is 4.92 Å². The van der Waals surface area contributed by atoms with Gasteiger partial charge < -0.3 is 4.74 Å². The Morgan fingerprint density at radius 2 is 2.15 bits per heavy atom. The first-order valence-corrected chi connectivity index (χ1v) is 7.92. The van der Waals surface area contributed by atoms with Crippen molar-refractivity contribution in [1.29, 1.82) is 0 Å². The number of hydrogen-bond acceptors (Lipinski definition) is 3. The Hall–Kier alpha value is -0.810. The number of halogens is 2. The van der Waals surface area contributed by atoms with E-state index in [1.807, 2.05) is 0 Å². The molecule has 0 bridgehead atoms. The van der Waals surface area contributed by atoms with Crippen LogP contribution in [0, 0.1) is 15.5 Å². The van der Waals surface area contributed by atoms with Gasteiger partial charge in [0.05, 0.1) is 4.92 Å². The molecule has 1 fully saturated rings. The van der Waals surface area contributed by atoms with Gasteiger partial charge in [0.1, 0.15) is 6.10 Å². The third-order valence-electron chi connectivity index (χ3n) is 4.39. The first-order chi connectivity index (χ1) is 9.44. The fraction of sp³-hybridized carbons (Fsp3) is 0.571. The van der Waals surface area contributed by atoms with Gasteiger partial charge in [0.2, 0.25) is 0 Å². The van der Waals surface area contributed by atoms with Crippen molar-refractivity contribution < 1.29 is 9.66 Å². The number of ether oxygens (including phenoxy) is 1. The summed E-state index contributed by atoms with van der Waals surface area (Å²) in [5.74, 6) is 0.318. The van der Waals surface area contributed by atoms with Crippen molar-refractivity contribution >= 4 is 33.2 Å². The van der Waals surface area contributed by atoms with Crippen LogP contribution in [0.15, 0.2) is 22.7 Å². The lowest BCUT2D eigenvalue weighted by Crippen LogP contribution is -2.56. The molecule has 2 rings (SSSR count). The Kier molecular flexibility index (Phi) is 4.59. The van der Waals surface area contributed by atoms with Gasteiger partial charge in [0.15, 0.2) is 5.75 Å². The molecule has 4 nitrogen and oxygen atoms in total. The number of hydrogen-bond donors (Lipinski definition) is 0. The summed E-state index contributed by atoms with van der Waals surface area (Å²) in [7, 11) is 0. The molecule has 0 N–H and O–H groups in total. The van der Waals surface area contributed by atoms with Crippen molar-refractivity contribution in [3.63, 3.8) is 0 Å². The van der Waals surface area contributed by atoms with Crippen LogP contribution in [0.4, 0.5) is 5.69 Å². The zero-order chi connectivity index (χ0) is 14.9. The highest BCUT2D eigenvalue weighted by Crippen LogP contribution is 2.52. The smallest absolute Gasteiger partial charge is 0.312 e. The second-order valence-electron chi connectivity index (χ2n) is 5.12. The monoisotopic (exact) mass is 361 g/mol. The average molecular weight is 363 g/mol. The Labute approximate surface area is 131 Å². The van der Waals surface area contributed by atoms with Crippen molar-refractivity contribution in [2.24, 2.45) is 5.41 Å². The lowest BCUT2D eigenvalue weighted by Gasteiger charge is -2.52. The molecular formula is C14H17BrClNO3. The van der Waals surface area contributed by atoms with Crippen LogP contribution in [-0.2, 0) is 0 Å². The molecule has 6 heteroatoms. The fourth-order valence-corrected chi connectivity index (χ4v) is 3.86. The van der Waals surface area contributed by atoms with Gasteiger partial charge in [0.25, 0.3) is 0 Å². The van der Waals surface area contributed by atoms with E-state index in [0.717, 1.165) is 19.3 Å². The highest BCUT2D eigenvalue weighted by molar-refractivity contribution is 9.10. The molecule has 2 unspecified atom stereocenters. The van der Waals surface area contributed by atoms with E-state index in [0.29, 0.717) is 10.2 Å². The van der Waals surface area contributed by atoms with E-state index in [9.17, 15) is 10.1 Å². The van der Waals surface area contributed by atoms with Crippen LogP contribution >= 0.6 is 27.5 Å². The van der Waals surface area contributed by atoms with Crippen molar-refractivity contribution in [1.82, 2.24) is 0 Å². The fourth-order valence-electron chi connectivity index (χ4n) is 2.90. The Morgan fingerprint density at radius 1 is 1.50 bits per heavy atom. The lowest BCUT2D eigenvalue weighted by molar-refractivity contribution is -0.386. The van der Waals surface area contributed by atoms with E-state index in [-0.39, 0.29) is 22.6 Å². The summed E-state index contributed by atoms with van der Waals surface area (Å²) in [5.41, 5.74) is -0.0961. The number of nitro benzene ring substituents is 1. The molecule has 20 heavy (non-hydrogen) atoms. The first-order valence-electron chi connectivity index (χ1n) is 6.69. The third-order valence-corrected chi connectivity index (χ3v) is 5.50. The highest BCUT2D eigenvalue weighted by atomic mass is 79.9. The zero-order valence-corrected chi connectivity index (χ0v) is 13.8. The number of alkyl halides is 1. The molecule has 1 aliphatic rings. The van der Waals surface area contributed by atoms with Gasteiger partial charge in [-0.1, -0.05) is 29.8 Å². The second kappa shape index (κ2) is 5.90. The minimum absolute atomic E-state index is 0.0153. The molecule has 0 aliphatic heterocycles. The molecule has 0 spiro atoms. The molecule has 1 aliphatic carbocycles. The molecule has 110 valence electrons. The standard InChI is InChI=1S/C14H17BrClNO3/c1-3-14(4-2)12(16)8-13(14)20-11-6-5-9(15)7-10(11)17(18)19/h5-7,12-13H,3-4,8H2,1-2H3. The molecule has 0 radical (unpaired) electrons. The number of nitrogens with zero attached hydrogens (tertiary/aromatic N) is 1. The summed E-state index contributed by atoms with van der Waals surface area (Å²) < 4.78 is 6.58. The predicted octanol–water partition coefficient (Wildman–Crippen LogP) is 4.92. The van der Waals surface area contributed by atoms with Crippen LogP contribution in [0.25, 0.3) is 0 Å². The van der Waals surface area contributed by atoms with Crippen molar-refractivity contribution in [2.45, 2.75) is 44.6 Å². The topological polar surface area (TPSA) is 52.4 Å². The van der Waals surface area contributed by atoms with E-state index in [1.54, 1.807) is 12.1 Å². The van der Waals surface area contributed by atoms with Gasteiger partial charge in [-0.25, -0.2) is 0 Å². The summed E-state index contributed by atoms with van der Waals surface area (Å²) in [4.78, 5) is 10.7. The molecule has 1 saturated carbocycles. The summed E-state index contributed by atoms with van der Waals surface area (Å²) in [6.45, 7) is 4.18. The maximum atomic E-state index is 11.1. The van der Waals surface area contributed by atoms with Crippen LogP contribution in [0.3, 0.4) is 0 Å². The first kappa shape index (κ1) is 15.6. The molecule has 0 aromatic heterocycles. The van der Waals surface area contributed by atoms with Crippen LogP contribution < -0.4 is 4.74 Å². The lowest BCUT2D eigenvalue weighted by atomic mass is 9.62. The number of benzene rings is 1. The van der Waals surface area contributed by atoms with Crippen molar-refractivity contribution in [3.05, 3.63) is 32.8 Å². The van der Waals surface area contributed by atoms with Gasteiger partial charge in [-0.2, -0.15) is 0 Å². The highest BCUT2D eigenvalue weighted by Gasteiger charge is 2.53. The van der Waals surface area contributed by atoms with Crippen LogP contribution in [0.2, 0.25) is 0 Å². The molecule has 0 saturated heterocycles. The normalized spacial score (nSPS) is 24.0. The average Bonchev–Trinajstić information content (AvgIpc) is 2.41. The molecule has 0 heterocycles. The Morgan fingerprint density at radius 3 is 2.65 bits per heavy atom. The van der Waals surface area contributed by atoms with E-state index in [2.05, 4.69) is 29.8 Å². The summed E-state index contributed by atoms with van der Waals surface area (Å²) >= 11 is 9.58. The summed E-state index contributed by atoms with van der Waals surface area (Å²) in [6, 6.07) is 4.85. The molecule has 2 atom stereocenters. The molecule has 1 aromatic rings. The Balaban J connectivity index is 2.25. The summed E-state index contributed by atoms with van der Waals surface area (Å²) in [5, 5.41) is 11.2. The number of rotatable bonds is 5. The minimum atomic E-state index is -0.420. The zero-order valence-electron chi connectivity index (χ0n) is 11.4. The Bertz CT molecular complexity index is 519. The minimum Gasteiger partial charge on any atom is -0.483 e. The van der Waals surface area contributed by atoms with Gasteiger partial charge in [-0.3, -0.25) is 10.1 Å². The van der Waals surface area contributed by atoms with Gasteiger partial charge in [-0.05, 0) is 25.0 Å². The maximum absolute atomic E-state index is 11.1. The van der Waals surface area contributed by atoms with Crippen LogP contribution in [0.1, 0.15) is 33.1 Å². The third kappa shape index (κ3) is 2.53. The quantitative estimate of drug-likeness (QED) is 0.424. The van der Waals surface area contributed by atoms with Crippen molar-refractivity contribution in [3.8, 4) is 5.75 Å². The van der Waals surface area contributed by atoms with Gasteiger partial charge in [-0.15, -0.1) is 11.6 Å². The molecular weight excluding hydrogens is 346 g/mol. The molecule has 0 amide bonds. The van der Waals surface area contributed by atoms with Gasteiger partial charge >= 0.3 is 5.69 Å². The van der Waals surface area contributed by atoms with E-state index in [4.69, 9.17) is 16.3 Å². The SMILES string of the molecule is CCC1(CC)C(Cl)CC1Oc1ccc(Br)cc1[N+](=O)[O-]. The molecule has 1 aromatic carbocycles. The van der Waals surface area contributed by atoms with Crippen LogP contribution in [-0.4, -0.2) is 16.4 Å². The second-order valence-corrected chi connectivity index (χ2v) is 6.56.